The zero-order valence-corrected chi connectivity index (χ0v) is 31.3. The number of aliphatic hydroxyl groups excluding tert-OH is 1. The van der Waals surface area contributed by atoms with E-state index < -0.39 is 0 Å². The molecule has 54 heavy (non-hydrogen) atoms. The van der Waals surface area contributed by atoms with Crippen molar-refractivity contribution in [1.82, 2.24) is 24.4 Å². The van der Waals surface area contributed by atoms with Gasteiger partial charge in [0.2, 0.25) is 11.9 Å². The third kappa shape index (κ3) is 6.87. The van der Waals surface area contributed by atoms with Crippen molar-refractivity contribution < 1.29 is 19.4 Å². The first-order chi connectivity index (χ1) is 26.1. The zero-order valence-electron chi connectivity index (χ0n) is 31.3. The van der Waals surface area contributed by atoms with E-state index in [9.17, 15) is 14.7 Å². The molecule has 282 valence electrons. The van der Waals surface area contributed by atoms with Crippen molar-refractivity contribution in [3.63, 3.8) is 0 Å². The van der Waals surface area contributed by atoms with Crippen molar-refractivity contribution in [2.24, 2.45) is 5.41 Å². The normalized spacial score (nSPS) is 20.1. The van der Waals surface area contributed by atoms with Gasteiger partial charge in [0.1, 0.15) is 11.5 Å². The highest BCUT2D eigenvalue weighted by molar-refractivity contribution is 6.06. The van der Waals surface area contributed by atoms with Gasteiger partial charge in [-0.05, 0) is 86.1 Å². The van der Waals surface area contributed by atoms with Crippen LogP contribution in [0, 0.1) is 5.41 Å². The van der Waals surface area contributed by atoms with Crippen LogP contribution in [0.5, 0.6) is 0 Å². The third-order valence-electron chi connectivity index (χ3n) is 11.4. The number of carbonyl (C=O) groups excluding carboxylic acids is 2. The number of piperazine rings is 1. The summed E-state index contributed by atoms with van der Waals surface area (Å²) >= 11 is 0. The molecule has 1 unspecified atom stereocenters. The molecule has 3 N–H and O–H groups in total. The Morgan fingerprint density at radius 2 is 1.87 bits per heavy atom. The molecule has 1 aromatic carbocycles. The molecule has 4 aromatic rings. The highest BCUT2D eigenvalue weighted by atomic mass is 16.5. The number of aromatic nitrogens is 4. The number of rotatable bonds is 9. The smallest absolute Gasteiger partial charge is 0.276 e. The number of aliphatic hydroxyl groups is 1. The lowest BCUT2D eigenvalue weighted by Gasteiger charge is -2.45. The summed E-state index contributed by atoms with van der Waals surface area (Å²) in [5.74, 6) is 0.364. The van der Waals surface area contributed by atoms with E-state index in [-0.39, 0.29) is 29.9 Å². The molecule has 4 aliphatic rings. The molecule has 3 aliphatic heterocycles. The van der Waals surface area contributed by atoms with Crippen LogP contribution in [0.4, 0.5) is 28.8 Å². The molecule has 0 saturated carbocycles. The van der Waals surface area contributed by atoms with E-state index >= 15 is 0 Å². The molecule has 0 bridgehead atoms. The summed E-state index contributed by atoms with van der Waals surface area (Å²) < 4.78 is 7.76. The number of amides is 2. The van der Waals surface area contributed by atoms with E-state index in [1.807, 2.05) is 24.3 Å². The first-order valence-electron chi connectivity index (χ1n) is 19.0. The van der Waals surface area contributed by atoms with Crippen LogP contribution in [0.3, 0.4) is 0 Å². The summed E-state index contributed by atoms with van der Waals surface area (Å²) in [6, 6.07) is 12.3. The van der Waals surface area contributed by atoms with Crippen molar-refractivity contribution in [3.8, 4) is 11.3 Å². The summed E-state index contributed by atoms with van der Waals surface area (Å²) in [6.45, 7) is 15.6. The fourth-order valence-electron chi connectivity index (χ4n) is 8.79. The summed E-state index contributed by atoms with van der Waals surface area (Å²) in [7, 11) is 0. The lowest BCUT2D eigenvalue weighted by atomic mass is 9.90. The molecule has 2 amide bonds. The first-order valence-corrected chi connectivity index (χ1v) is 19.0. The summed E-state index contributed by atoms with van der Waals surface area (Å²) in [4.78, 5) is 47.0. The molecule has 8 rings (SSSR count). The maximum absolute atomic E-state index is 13.9. The van der Waals surface area contributed by atoms with Crippen molar-refractivity contribution in [2.75, 3.05) is 59.8 Å². The number of ether oxygens (including phenoxy) is 1. The molecule has 6 heterocycles. The molecular weight excluding hydrogens is 683 g/mol. The molecule has 3 aromatic heterocycles. The van der Waals surface area contributed by atoms with E-state index in [2.05, 4.69) is 62.3 Å². The lowest BCUT2D eigenvalue weighted by Crippen LogP contribution is -2.56. The third-order valence-corrected chi connectivity index (χ3v) is 11.4. The number of carbonyl (C=O) groups is 2. The van der Waals surface area contributed by atoms with Crippen molar-refractivity contribution in [1.29, 1.82) is 0 Å². The molecule has 2 fully saturated rings. The second kappa shape index (κ2) is 14.6. The number of anilines is 5. The predicted molar refractivity (Wildman–Crippen MR) is 209 cm³/mol. The van der Waals surface area contributed by atoms with Gasteiger partial charge in [-0.3, -0.25) is 19.4 Å². The Bertz CT molecular complexity index is 2090. The molecule has 2 saturated heterocycles. The van der Waals surface area contributed by atoms with Crippen LogP contribution < -0.4 is 20.4 Å². The molecular formula is C41H49N9O4. The predicted octanol–water partition coefficient (Wildman–Crippen LogP) is 5.18. The van der Waals surface area contributed by atoms with E-state index in [0.29, 0.717) is 64.8 Å². The molecule has 13 nitrogen and oxygen atoms in total. The Kier molecular flexibility index (Phi) is 9.71. The monoisotopic (exact) mass is 731 g/mol. The Balaban J connectivity index is 1.03. The number of benzene rings is 1. The van der Waals surface area contributed by atoms with E-state index in [1.165, 1.54) is 17.3 Å². The summed E-state index contributed by atoms with van der Waals surface area (Å²) in [5.41, 5.74) is 7.44. The van der Waals surface area contributed by atoms with Crippen LogP contribution in [0.25, 0.3) is 11.3 Å². The van der Waals surface area contributed by atoms with Gasteiger partial charge in [-0.25, -0.2) is 15.0 Å². The number of hydrogen-bond acceptors (Lipinski definition) is 10. The van der Waals surface area contributed by atoms with Crippen LogP contribution >= 0.6 is 0 Å². The van der Waals surface area contributed by atoms with Crippen molar-refractivity contribution in [3.05, 3.63) is 84.0 Å². The fourth-order valence-corrected chi connectivity index (χ4v) is 8.79. The maximum atomic E-state index is 13.9. The summed E-state index contributed by atoms with van der Waals surface area (Å²) in [5, 5.41) is 17.0. The second-order valence-corrected chi connectivity index (χ2v) is 15.6. The van der Waals surface area contributed by atoms with Crippen molar-refractivity contribution in [2.45, 2.75) is 71.7 Å². The number of fused-ring (bicyclic) bond motifs is 3. The first kappa shape index (κ1) is 35.9. The van der Waals surface area contributed by atoms with Gasteiger partial charge in [-0.1, -0.05) is 20.4 Å². The van der Waals surface area contributed by atoms with Crippen LogP contribution in [0.2, 0.25) is 0 Å². The van der Waals surface area contributed by atoms with Gasteiger partial charge < -0.3 is 29.9 Å². The minimum Gasteiger partial charge on any atom is -0.392 e. The van der Waals surface area contributed by atoms with Crippen LogP contribution in [-0.4, -0.2) is 92.8 Å². The Morgan fingerprint density at radius 3 is 2.65 bits per heavy atom. The highest BCUT2D eigenvalue weighted by Crippen LogP contribution is 2.40. The number of hydrogen-bond donors (Lipinski definition) is 3. The average molecular weight is 732 g/mol. The average Bonchev–Trinajstić information content (AvgIpc) is 3.67. The zero-order chi connectivity index (χ0) is 37.6. The van der Waals surface area contributed by atoms with E-state index in [0.717, 1.165) is 64.2 Å². The maximum Gasteiger partial charge on any atom is 0.276 e. The van der Waals surface area contributed by atoms with Crippen LogP contribution in [0.15, 0.2) is 61.4 Å². The molecule has 1 atom stereocenters. The largest absolute Gasteiger partial charge is 0.392 e. The number of nitrogens with zero attached hydrogens (tertiary/aromatic N) is 7. The molecule has 1 aliphatic carbocycles. The molecule has 0 spiro atoms. The number of nitrogens with one attached hydrogen (secondary N) is 2. The van der Waals surface area contributed by atoms with E-state index in [1.54, 1.807) is 29.4 Å². The highest BCUT2D eigenvalue weighted by Gasteiger charge is 2.38. The van der Waals surface area contributed by atoms with Gasteiger partial charge in [0, 0.05) is 92.9 Å². The standard InChI is InChI=1S/C41H49N9O4/c1-5-37(52)45-33-21-28(6-7-34(33)48-15-14-47(24-26(48)2)29-10-18-54-19-11-29)44-40-43-13-9-32(46-40)30-8-12-42-38(31(30)25-51)50-17-16-49-35(39(50)53)20-27-22-41(3,4)23-36(27)49/h5-9,12-13,20-21,26,29,51H,1,10-11,14-19,22-25H2,2-4H3,(H,45,52)(H,43,44,46). The van der Waals surface area contributed by atoms with Gasteiger partial charge in [0.25, 0.3) is 5.91 Å². The topological polar surface area (TPSA) is 141 Å². The Labute approximate surface area is 316 Å². The Hall–Kier alpha value is -5.11. The van der Waals surface area contributed by atoms with Gasteiger partial charge in [0.15, 0.2) is 0 Å². The molecule has 13 heteroatoms. The van der Waals surface area contributed by atoms with Gasteiger partial charge in [0.05, 0.1) is 23.7 Å². The lowest BCUT2D eigenvalue weighted by molar-refractivity contribution is -0.111. The van der Waals surface area contributed by atoms with Crippen molar-refractivity contribution >= 4 is 40.6 Å². The quantitative estimate of drug-likeness (QED) is 0.198. The SMILES string of the molecule is C=CC(=O)Nc1cc(Nc2nccc(-c3ccnc(N4CCn5c(cc6c5CC(C)(C)C6)C4=O)c3CO)n2)ccc1N1CCN(C2CCOCC2)CC1C. The fraction of sp³-hybridized carbons (Fsp3) is 0.439. The minimum absolute atomic E-state index is 0.115. The van der Waals surface area contributed by atoms with Gasteiger partial charge in [-0.2, -0.15) is 0 Å². The Morgan fingerprint density at radius 1 is 1.06 bits per heavy atom. The van der Waals surface area contributed by atoms with Crippen LogP contribution in [-0.2, 0) is 35.5 Å². The minimum atomic E-state index is -0.323. The molecule has 0 radical (unpaired) electrons. The second-order valence-electron chi connectivity index (χ2n) is 15.6. The van der Waals surface area contributed by atoms with Gasteiger partial charge >= 0.3 is 0 Å². The number of pyridine rings is 1. The van der Waals surface area contributed by atoms with Gasteiger partial charge in [-0.15, -0.1) is 0 Å². The van der Waals surface area contributed by atoms with E-state index in [4.69, 9.17) is 9.72 Å². The summed E-state index contributed by atoms with van der Waals surface area (Å²) in [6.07, 6.45) is 8.62. The van der Waals surface area contributed by atoms with Crippen LogP contribution in [0.1, 0.15) is 60.9 Å².